The van der Waals surface area contributed by atoms with Gasteiger partial charge in [0.1, 0.15) is 0 Å². The zero-order valence-electron chi connectivity index (χ0n) is 11.3. The number of carbonyl (C=O) groups excluding carboxylic acids is 1. The lowest BCUT2D eigenvalue weighted by atomic mass is 10.3. The second kappa shape index (κ2) is 7.93. The van der Waals surface area contributed by atoms with Gasteiger partial charge in [-0.1, -0.05) is 29.3 Å². The Labute approximate surface area is 143 Å². The number of carbonyl (C=O) groups is 1. The fourth-order valence-electron chi connectivity index (χ4n) is 1.57. The number of benzene rings is 1. The quantitative estimate of drug-likeness (QED) is 0.584. The molecule has 0 saturated heterocycles. The summed E-state index contributed by atoms with van der Waals surface area (Å²) >= 11 is 16.8. The summed E-state index contributed by atoms with van der Waals surface area (Å²) in [6, 6.07) is 10.4. The topological polar surface area (TPSA) is 66.0 Å². The van der Waals surface area contributed by atoms with E-state index in [4.69, 9.17) is 35.4 Å². The molecular weight excluding hydrogens is 343 g/mol. The molecule has 0 spiro atoms. The summed E-state index contributed by atoms with van der Waals surface area (Å²) in [5.41, 5.74) is 6.42. The van der Waals surface area contributed by atoms with E-state index in [1.54, 1.807) is 36.5 Å². The first-order chi connectivity index (χ1) is 10.5. The van der Waals surface area contributed by atoms with Crippen LogP contribution in [0, 0.1) is 0 Å². The van der Waals surface area contributed by atoms with Gasteiger partial charge in [0, 0.05) is 17.6 Å². The average Bonchev–Trinajstić information content (AvgIpc) is 2.50. The molecule has 0 fully saturated rings. The first-order valence-electron chi connectivity index (χ1n) is 6.25. The van der Waals surface area contributed by atoms with Crippen molar-refractivity contribution in [2.75, 3.05) is 5.32 Å². The molecule has 0 saturated carbocycles. The minimum absolute atomic E-state index is 0.156. The molecule has 5 nitrogen and oxygen atoms in total. The zero-order chi connectivity index (χ0) is 15.9. The van der Waals surface area contributed by atoms with Crippen molar-refractivity contribution in [3.8, 4) is 0 Å². The fourth-order valence-corrected chi connectivity index (χ4v) is 2.04. The Hall–Kier alpha value is -1.89. The fraction of sp³-hybridized carbons (Fsp3) is 0.0714. The number of nitrogens with zero attached hydrogens (tertiary/aromatic N) is 1. The van der Waals surface area contributed by atoms with Crippen molar-refractivity contribution in [3.63, 3.8) is 0 Å². The van der Waals surface area contributed by atoms with Crippen LogP contribution < -0.4 is 16.2 Å². The average molecular weight is 355 g/mol. The maximum atomic E-state index is 11.7. The van der Waals surface area contributed by atoms with E-state index >= 15 is 0 Å². The van der Waals surface area contributed by atoms with E-state index in [0.29, 0.717) is 21.4 Å². The van der Waals surface area contributed by atoms with Gasteiger partial charge in [-0.25, -0.2) is 0 Å². The molecule has 0 unspecified atom stereocenters. The van der Waals surface area contributed by atoms with E-state index in [-0.39, 0.29) is 17.4 Å². The van der Waals surface area contributed by atoms with Gasteiger partial charge in [-0.3, -0.25) is 20.6 Å². The number of halogens is 2. The molecule has 0 radical (unpaired) electrons. The molecule has 2 rings (SSSR count). The highest BCUT2D eigenvalue weighted by Gasteiger charge is 2.05. The molecule has 22 heavy (non-hydrogen) atoms. The highest BCUT2D eigenvalue weighted by atomic mass is 35.5. The van der Waals surface area contributed by atoms with Crippen molar-refractivity contribution in [2.45, 2.75) is 6.42 Å². The van der Waals surface area contributed by atoms with Gasteiger partial charge in [0.05, 0.1) is 16.5 Å². The molecule has 1 heterocycles. The summed E-state index contributed by atoms with van der Waals surface area (Å²) in [5, 5.41) is 3.97. The number of anilines is 1. The van der Waals surface area contributed by atoms with Crippen LogP contribution in [0.1, 0.15) is 5.69 Å². The van der Waals surface area contributed by atoms with Crippen LogP contribution in [-0.2, 0) is 11.2 Å². The van der Waals surface area contributed by atoms with Crippen molar-refractivity contribution in [2.24, 2.45) is 0 Å². The number of hydrogen-bond donors (Lipinski definition) is 3. The van der Waals surface area contributed by atoms with Crippen LogP contribution in [0.15, 0.2) is 42.6 Å². The number of nitrogens with one attached hydrogen (secondary N) is 3. The third-order valence-electron chi connectivity index (χ3n) is 2.56. The van der Waals surface area contributed by atoms with Crippen LogP contribution in [0.3, 0.4) is 0 Å². The predicted octanol–water partition coefficient (Wildman–Crippen LogP) is 2.95. The molecule has 2 aromatic rings. The Bertz CT molecular complexity index is 682. The molecule has 1 amide bonds. The Kier molecular flexibility index (Phi) is 5.94. The number of aromatic nitrogens is 1. The van der Waals surface area contributed by atoms with Crippen LogP contribution in [-0.4, -0.2) is 16.0 Å². The smallest absolute Gasteiger partial charge is 0.244 e. The van der Waals surface area contributed by atoms with Gasteiger partial charge in [-0.2, -0.15) is 0 Å². The van der Waals surface area contributed by atoms with Crippen LogP contribution in [0.4, 0.5) is 5.69 Å². The summed E-state index contributed by atoms with van der Waals surface area (Å²) in [5.74, 6) is -0.253. The highest BCUT2D eigenvalue weighted by molar-refractivity contribution is 7.80. The van der Waals surface area contributed by atoms with E-state index in [0.717, 1.165) is 0 Å². The normalized spacial score (nSPS) is 9.91. The van der Waals surface area contributed by atoms with Crippen molar-refractivity contribution in [1.29, 1.82) is 0 Å². The molecular formula is C14H12Cl2N4OS. The maximum absolute atomic E-state index is 11.7. The van der Waals surface area contributed by atoms with Gasteiger partial charge >= 0.3 is 0 Å². The van der Waals surface area contributed by atoms with Crippen LogP contribution in [0.25, 0.3) is 0 Å². The molecule has 0 aliphatic carbocycles. The number of amides is 1. The summed E-state index contributed by atoms with van der Waals surface area (Å²) in [6.07, 6.45) is 1.79. The van der Waals surface area contributed by atoms with Crippen molar-refractivity contribution in [3.05, 3.63) is 58.3 Å². The Morgan fingerprint density at radius 2 is 1.95 bits per heavy atom. The van der Waals surface area contributed by atoms with E-state index < -0.39 is 0 Å². The number of thiocarbonyl (C=S) groups is 1. The molecule has 0 bridgehead atoms. The minimum atomic E-state index is -0.253. The largest absolute Gasteiger partial charge is 0.331 e. The van der Waals surface area contributed by atoms with E-state index in [1.807, 2.05) is 6.07 Å². The lowest BCUT2D eigenvalue weighted by Crippen LogP contribution is -2.44. The standard InChI is InChI=1S/C14H12Cl2N4OS/c15-11-5-4-10(7-12(11)16)18-14(22)20-19-13(21)8-9-3-1-2-6-17-9/h1-7H,8H2,(H,19,21)(H2,18,20,22). The number of hydrazine groups is 1. The maximum Gasteiger partial charge on any atom is 0.244 e. The Balaban J connectivity index is 1.80. The molecule has 8 heteroatoms. The van der Waals surface area contributed by atoms with Crippen LogP contribution in [0.2, 0.25) is 10.0 Å². The molecule has 114 valence electrons. The third-order valence-corrected chi connectivity index (χ3v) is 3.50. The Morgan fingerprint density at radius 3 is 2.64 bits per heavy atom. The second-order valence-corrected chi connectivity index (χ2v) is 5.48. The van der Waals surface area contributed by atoms with Gasteiger partial charge in [0.15, 0.2) is 5.11 Å². The summed E-state index contributed by atoms with van der Waals surface area (Å²) in [7, 11) is 0. The first-order valence-corrected chi connectivity index (χ1v) is 7.42. The van der Waals surface area contributed by atoms with Crippen LogP contribution in [0.5, 0.6) is 0 Å². The summed E-state index contributed by atoms with van der Waals surface area (Å²) in [6.45, 7) is 0. The lowest BCUT2D eigenvalue weighted by molar-refractivity contribution is -0.121. The van der Waals surface area contributed by atoms with E-state index in [9.17, 15) is 4.79 Å². The summed E-state index contributed by atoms with van der Waals surface area (Å²) < 4.78 is 0. The molecule has 1 aromatic heterocycles. The number of pyridine rings is 1. The lowest BCUT2D eigenvalue weighted by Gasteiger charge is -2.12. The predicted molar refractivity (Wildman–Crippen MR) is 91.9 cm³/mol. The van der Waals surface area contributed by atoms with Gasteiger partial charge in [0.25, 0.3) is 0 Å². The first kappa shape index (κ1) is 16.5. The Morgan fingerprint density at radius 1 is 1.14 bits per heavy atom. The molecule has 1 aromatic carbocycles. The minimum Gasteiger partial charge on any atom is -0.331 e. The molecule has 0 atom stereocenters. The van der Waals surface area contributed by atoms with Gasteiger partial charge in [-0.05, 0) is 42.5 Å². The molecule has 0 aliphatic heterocycles. The summed E-state index contributed by atoms with van der Waals surface area (Å²) in [4.78, 5) is 15.8. The highest BCUT2D eigenvalue weighted by Crippen LogP contribution is 2.24. The molecule has 3 N–H and O–H groups in total. The van der Waals surface area contributed by atoms with Crippen molar-refractivity contribution in [1.82, 2.24) is 15.8 Å². The monoisotopic (exact) mass is 354 g/mol. The zero-order valence-corrected chi connectivity index (χ0v) is 13.6. The van der Waals surface area contributed by atoms with E-state index in [2.05, 4.69) is 21.2 Å². The van der Waals surface area contributed by atoms with Crippen molar-refractivity contribution < 1.29 is 4.79 Å². The van der Waals surface area contributed by atoms with Gasteiger partial charge in [0.2, 0.25) is 5.91 Å². The van der Waals surface area contributed by atoms with Crippen molar-refractivity contribution >= 4 is 52.1 Å². The third kappa shape index (κ3) is 5.14. The van der Waals surface area contributed by atoms with Gasteiger partial charge in [-0.15, -0.1) is 0 Å². The number of hydrogen-bond acceptors (Lipinski definition) is 3. The number of rotatable bonds is 3. The SMILES string of the molecule is O=C(Cc1ccccn1)NNC(=S)Nc1ccc(Cl)c(Cl)c1. The van der Waals surface area contributed by atoms with Crippen LogP contribution >= 0.6 is 35.4 Å². The molecule has 0 aliphatic rings. The van der Waals surface area contributed by atoms with E-state index in [1.165, 1.54) is 0 Å². The second-order valence-electron chi connectivity index (χ2n) is 4.25. The van der Waals surface area contributed by atoms with Gasteiger partial charge < -0.3 is 5.32 Å².